The van der Waals surface area contributed by atoms with Gasteiger partial charge in [0, 0.05) is 18.3 Å². The fourth-order valence-corrected chi connectivity index (χ4v) is 2.22. The average Bonchev–Trinajstić information content (AvgIpc) is 2.99. The molecule has 0 fully saturated rings. The van der Waals surface area contributed by atoms with Gasteiger partial charge in [0.05, 0.1) is 12.3 Å². The van der Waals surface area contributed by atoms with Gasteiger partial charge in [-0.25, -0.2) is 0 Å². The lowest BCUT2D eigenvalue weighted by Crippen LogP contribution is -2.20. The Kier molecular flexibility index (Phi) is 4.45. The van der Waals surface area contributed by atoms with Gasteiger partial charge in [-0.3, -0.25) is 4.79 Å². The summed E-state index contributed by atoms with van der Waals surface area (Å²) >= 11 is 0. The standard InChI is InChI=1S/C16H20N2O2/c1-4-13(15-9-6-10-20-15)18-14-8-5-7-12(11(14)2)16(19)17-3/h5-10,13,18H,4H2,1-3H3,(H,17,19). The SMILES string of the molecule is CCC(Nc1cccc(C(=O)NC)c1C)c1ccco1. The molecule has 0 saturated carbocycles. The van der Waals surface area contributed by atoms with Crippen LogP contribution in [0.1, 0.15) is 41.1 Å². The molecule has 0 aliphatic carbocycles. The van der Waals surface area contributed by atoms with Crippen LogP contribution in [-0.2, 0) is 0 Å². The first-order chi connectivity index (χ1) is 9.67. The third kappa shape index (κ3) is 2.85. The van der Waals surface area contributed by atoms with Crippen LogP contribution in [0, 0.1) is 6.92 Å². The number of hydrogen-bond acceptors (Lipinski definition) is 3. The number of anilines is 1. The number of amides is 1. The maximum atomic E-state index is 11.8. The number of furan rings is 1. The highest BCUT2D eigenvalue weighted by molar-refractivity contribution is 5.96. The summed E-state index contributed by atoms with van der Waals surface area (Å²) in [5.41, 5.74) is 2.58. The molecule has 2 aromatic rings. The largest absolute Gasteiger partial charge is 0.467 e. The van der Waals surface area contributed by atoms with E-state index in [1.165, 1.54) is 0 Å². The second-order valence-corrected chi connectivity index (χ2v) is 4.68. The van der Waals surface area contributed by atoms with E-state index in [9.17, 15) is 4.79 Å². The molecule has 1 aromatic carbocycles. The second kappa shape index (κ2) is 6.28. The van der Waals surface area contributed by atoms with Gasteiger partial charge in [0.25, 0.3) is 5.91 Å². The maximum Gasteiger partial charge on any atom is 0.251 e. The number of nitrogens with one attached hydrogen (secondary N) is 2. The van der Waals surface area contributed by atoms with Gasteiger partial charge in [-0.2, -0.15) is 0 Å². The van der Waals surface area contributed by atoms with Crippen molar-refractivity contribution < 1.29 is 9.21 Å². The molecule has 1 unspecified atom stereocenters. The summed E-state index contributed by atoms with van der Waals surface area (Å²) in [6.45, 7) is 4.04. The van der Waals surface area contributed by atoms with Crippen molar-refractivity contribution in [2.75, 3.05) is 12.4 Å². The van der Waals surface area contributed by atoms with Crippen LogP contribution in [0.5, 0.6) is 0 Å². The predicted molar refractivity (Wildman–Crippen MR) is 79.9 cm³/mol. The van der Waals surface area contributed by atoms with Crippen molar-refractivity contribution in [3.05, 3.63) is 53.5 Å². The van der Waals surface area contributed by atoms with E-state index >= 15 is 0 Å². The summed E-state index contributed by atoms with van der Waals surface area (Å²) in [7, 11) is 1.64. The first-order valence-electron chi connectivity index (χ1n) is 6.79. The molecular formula is C16H20N2O2. The Morgan fingerprint density at radius 2 is 2.10 bits per heavy atom. The van der Waals surface area contributed by atoms with Crippen LogP contribution in [0.25, 0.3) is 0 Å². The van der Waals surface area contributed by atoms with Crippen molar-refractivity contribution in [3.63, 3.8) is 0 Å². The zero-order chi connectivity index (χ0) is 14.5. The summed E-state index contributed by atoms with van der Waals surface area (Å²) < 4.78 is 5.46. The van der Waals surface area contributed by atoms with Gasteiger partial charge < -0.3 is 15.1 Å². The molecule has 0 radical (unpaired) electrons. The van der Waals surface area contributed by atoms with Gasteiger partial charge in [0.15, 0.2) is 0 Å². The zero-order valence-electron chi connectivity index (χ0n) is 12.1. The lowest BCUT2D eigenvalue weighted by molar-refractivity contribution is 0.0962. The monoisotopic (exact) mass is 272 g/mol. The molecule has 20 heavy (non-hydrogen) atoms. The van der Waals surface area contributed by atoms with Crippen LogP contribution >= 0.6 is 0 Å². The molecule has 0 aliphatic rings. The minimum absolute atomic E-state index is 0.0720. The number of carbonyl (C=O) groups is 1. The number of carbonyl (C=O) groups excluding carboxylic acids is 1. The fraction of sp³-hybridized carbons (Fsp3) is 0.312. The molecule has 1 heterocycles. The Labute approximate surface area is 119 Å². The average molecular weight is 272 g/mol. The van der Waals surface area contributed by atoms with Gasteiger partial charge in [-0.1, -0.05) is 13.0 Å². The number of hydrogen-bond donors (Lipinski definition) is 2. The molecule has 2 N–H and O–H groups in total. The third-order valence-electron chi connectivity index (χ3n) is 3.43. The Hall–Kier alpha value is -2.23. The molecule has 0 aliphatic heterocycles. The highest BCUT2D eigenvalue weighted by Crippen LogP contribution is 2.26. The van der Waals surface area contributed by atoms with Gasteiger partial charge >= 0.3 is 0 Å². The van der Waals surface area contributed by atoms with Gasteiger partial charge in [0.2, 0.25) is 0 Å². The topological polar surface area (TPSA) is 54.3 Å². The minimum Gasteiger partial charge on any atom is -0.467 e. The van der Waals surface area contributed by atoms with Gasteiger partial charge in [0.1, 0.15) is 5.76 Å². The normalized spacial score (nSPS) is 11.9. The van der Waals surface area contributed by atoms with Crippen molar-refractivity contribution in [2.45, 2.75) is 26.3 Å². The zero-order valence-corrected chi connectivity index (χ0v) is 12.1. The van der Waals surface area contributed by atoms with Crippen molar-refractivity contribution in [3.8, 4) is 0 Å². The molecule has 0 saturated heterocycles. The van der Waals surface area contributed by atoms with E-state index in [0.29, 0.717) is 5.56 Å². The summed E-state index contributed by atoms with van der Waals surface area (Å²) in [5.74, 6) is 0.828. The Bertz CT molecular complexity index is 576. The summed E-state index contributed by atoms with van der Waals surface area (Å²) in [4.78, 5) is 11.8. The molecular weight excluding hydrogens is 252 g/mol. The maximum absolute atomic E-state index is 11.8. The molecule has 1 aromatic heterocycles. The fourth-order valence-electron chi connectivity index (χ4n) is 2.22. The highest BCUT2D eigenvalue weighted by Gasteiger charge is 2.15. The number of benzene rings is 1. The van der Waals surface area contributed by atoms with Crippen LogP contribution in [0.2, 0.25) is 0 Å². The second-order valence-electron chi connectivity index (χ2n) is 4.68. The van der Waals surface area contributed by atoms with Crippen molar-refractivity contribution in [1.82, 2.24) is 5.32 Å². The van der Waals surface area contributed by atoms with Crippen molar-refractivity contribution in [1.29, 1.82) is 0 Å². The predicted octanol–water partition coefficient (Wildman–Crippen LogP) is 3.51. The Morgan fingerprint density at radius 3 is 2.70 bits per heavy atom. The van der Waals surface area contributed by atoms with E-state index in [0.717, 1.165) is 23.4 Å². The van der Waals surface area contributed by atoms with Crippen molar-refractivity contribution in [2.24, 2.45) is 0 Å². The van der Waals surface area contributed by atoms with E-state index in [2.05, 4.69) is 17.6 Å². The molecule has 1 amide bonds. The smallest absolute Gasteiger partial charge is 0.251 e. The van der Waals surface area contributed by atoms with Gasteiger partial charge in [-0.05, 0) is 43.2 Å². The third-order valence-corrected chi connectivity index (χ3v) is 3.43. The van der Waals surface area contributed by atoms with Crippen LogP contribution in [0.15, 0.2) is 41.0 Å². The van der Waals surface area contributed by atoms with E-state index in [-0.39, 0.29) is 11.9 Å². The molecule has 1 atom stereocenters. The first kappa shape index (κ1) is 14.2. The summed E-state index contributed by atoms with van der Waals surface area (Å²) in [6, 6.07) is 9.63. The molecule has 0 bridgehead atoms. The summed E-state index contributed by atoms with van der Waals surface area (Å²) in [6.07, 6.45) is 2.57. The molecule has 4 heteroatoms. The summed E-state index contributed by atoms with van der Waals surface area (Å²) in [5, 5.41) is 6.10. The molecule has 4 nitrogen and oxygen atoms in total. The minimum atomic E-state index is -0.0720. The first-order valence-corrected chi connectivity index (χ1v) is 6.79. The van der Waals surface area contributed by atoms with Crippen LogP contribution in [0.4, 0.5) is 5.69 Å². The lowest BCUT2D eigenvalue weighted by Gasteiger charge is -2.19. The van der Waals surface area contributed by atoms with E-state index in [1.54, 1.807) is 13.3 Å². The Morgan fingerprint density at radius 1 is 1.30 bits per heavy atom. The quantitative estimate of drug-likeness (QED) is 0.875. The van der Waals surface area contributed by atoms with E-state index in [4.69, 9.17) is 4.42 Å². The van der Waals surface area contributed by atoms with E-state index < -0.39 is 0 Å². The van der Waals surface area contributed by atoms with Crippen LogP contribution in [-0.4, -0.2) is 13.0 Å². The van der Waals surface area contributed by atoms with Gasteiger partial charge in [-0.15, -0.1) is 0 Å². The molecule has 106 valence electrons. The molecule has 2 rings (SSSR count). The van der Waals surface area contributed by atoms with E-state index in [1.807, 2.05) is 37.3 Å². The Balaban J connectivity index is 2.27. The lowest BCUT2D eigenvalue weighted by atomic mass is 10.0. The molecule has 0 spiro atoms. The van der Waals surface area contributed by atoms with Crippen LogP contribution in [0.3, 0.4) is 0 Å². The van der Waals surface area contributed by atoms with Crippen LogP contribution < -0.4 is 10.6 Å². The number of rotatable bonds is 5. The van der Waals surface area contributed by atoms with Crippen molar-refractivity contribution >= 4 is 11.6 Å². The highest BCUT2D eigenvalue weighted by atomic mass is 16.3.